The molecule has 0 N–H and O–H groups in total. The summed E-state index contributed by atoms with van der Waals surface area (Å²) in [6.45, 7) is -0.0427. The number of carbonyl (C=O) groups excluding carboxylic acids is 2. The van der Waals surface area contributed by atoms with Gasteiger partial charge in [-0.1, -0.05) is 24.3 Å². The normalized spacial score (nSPS) is 15.2. The molecule has 1 saturated heterocycles. The molecule has 0 saturated carbocycles. The van der Waals surface area contributed by atoms with Gasteiger partial charge in [0.05, 0.1) is 30.6 Å². The van der Waals surface area contributed by atoms with Gasteiger partial charge in [0.25, 0.3) is 16.8 Å². The van der Waals surface area contributed by atoms with Gasteiger partial charge in [-0.3, -0.25) is 24.6 Å². The van der Waals surface area contributed by atoms with E-state index < -0.39 is 16.1 Å². The van der Waals surface area contributed by atoms with E-state index in [0.29, 0.717) is 22.6 Å². The quantitative estimate of drug-likeness (QED) is 0.412. The molecule has 1 aliphatic rings. The Morgan fingerprint density at radius 1 is 1.14 bits per heavy atom. The Labute approximate surface area is 164 Å². The zero-order chi connectivity index (χ0) is 20.3. The molecule has 1 heterocycles. The number of non-ortho nitro benzene ring substituents is 1. The fourth-order valence-electron chi connectivity index (χ4n) is 2.75. The molecule has 1 aliphatic heterocycles. The second-order valence-electron chi connectivity index (χ2n) is 5.78. The molecule has 0 bridgehead atoms. The fourth-order valence-corrected chi connectivity index (χ4v) is 3.58. The molecule has 0 spiro atoms. The van der Waals surface area contributed by atoms with Crippen LogP contribution in [0.3, 0.4) is 0 Å². The molecule has 2 aromatic rings. The van der Waals surface area contributed by atoms with Gasteiger partial charge >= 0.3 is 0 Å². The summed E-state index contributed by atoms with van der Waals surface area (Å²) < 4.78 is 10.6. The number of imide groups is 1. The molecule has 144 valence electrons. The van der Waals surface area contributed by atoms with Gasteiger partial charge in [0, 0.05) is 17.7 Å². The largest absolute Gasteiger partial charge is 0.493 e. The maximum atomic E-state index is 12.7. The summed E-state index contributed by atoms with van der Waals surface area (Å²) in [5.74, 6) is 0.494. The highest BCUT2D eigenvalue weighted by Crippen LogP contribution is 2.37. The van der Waals surface area contributed by atoms with Crippen molar-refractivity contribution < 1.29 is 24.0 Å². The number of amides is 2. The smallest absolute Gasteiger partial charge is 0.293 e. The van der Waals surface area contributed by atoms with Gasteiger partial charge in [-0.15, -0.1) is 0 Å². The van der Waals surface area contributed by atoms with E-state index >= 15 is 0 Å². The van der Waals surface area contributed by atoms with Crippen molar-refractivity contribution in [2.75, 3.05) is 14.2 Å². The first-order valence-corrected chi connectivity index (χ1v) is 8.96. The van der Waals surface area contributed by atoms with Crippen LogP contribution in [-0.2, 0) is 11.3 Å². The van der Waals surface area contributed by atoms with E-state index in [1.54, 1.807) is 30.3 Å². The lowest BCUT2D eigenvalue weighted by Crippen LogP contribution is -2.27. The van der Waals surface area contributed by atoms with Crippen LogP contribution in [0.5, 0.6) is 11.5 Å². The maximum Gasteiger partial charge on any atom is 0.293 e. The number of methoxy groups -OCH3 is 2. The molecule has 3 rings (SSSR count). The number of thioether (sulfide) groups is 1. The van der Waals surface area contributed by atoms with Crippen LogP contribution in [-0.4, -0.2) is 35.2 Å². The molecule has 0 unspecified atom stereocenters. The molecule has 0 atom stereocenters. The Morgan fingerprint density at radius 3 is 2.57 bits per heavy atom. The van der Waals surface area contributed by atoms with Crippen LogP contribution in [0.15, 0.2) is 47.4 Å². The van der Waals surface area contributed by atoms with Crippen LogP contribution in [0.2, 0.25) is 0 Å². The van der Waals surface area contributed by atoms with Crippen LogP contribution in [0.1, 0.15) is 11.1 Å². The number of carbonyl (C=O) groups is 2. The summed E-state index contributed by atoms with van der Waals surface area (Å²) in [4.78, 5) is 36.7. The molecule has 1 fully saturated rings. The Balaban J connectivity index is 1.87. The van der Waals surface area contributed by atoms with Crippen molar-refractivity contribution in [3.8, 4) is 11.5 Å². The molecule has 8 nitrogen and oxygen atoms in total. The van der Waals surface area contributed by atoms with E-state index in [0.717, 1.165) is 16.7 Å². The Kier molecular flexibility index (Phi) is 5.65. The van der Waals surface area contributed by atoms with Crippen LogP contribution >= 0.6 is 11.8 Å². The number of para-hydroxylation sites is 1. The predicted octanol–water partition coefficient (Wildman–Crippen LogP) is 3.85. The summed E-state index contributed by atoms with van der Waals surface area (Å²) in [5.41, 5.74) is 1.00. The molecule has 0 radical (unpaired) electrons. The first-order valence-electron chi connectivity index (χ1n) is 8.14. The highest BCUT2D eigenvalue weighted by Gasteiger charge is 2.35. The monoisotopic (exact) mass is 400 g/mol. The SMILES string of the molecule is COc1cccc(/C=C2/SC(=O)N(Cc3cccc([N+](=O)[O-])c3)C2=O)c1OC. The number of hydrogen-bond acceptors (Lipinski definition) is 7. The molecule has 0 aromatic heterocycles. The second-order valence-corrected chi connectivity index (χ2v) is 6.77. The van der Waals surface area contributed by atoms with Gasteiger partial charge in [-0.25, -0.2) is 0 Å². The van der Waals surface area contributed by atoms with Gasteiger partial charge in [0.15, 0.2) is 11.5 Å². The van der Waals surface area contributed by atoms with E-state index in [2.05, 4.69) is 0 Å². The molecule has 2 aromatic carbocycles. The van der Waals surface area contributed by atoms with E-state index in [4.69, 9.17) is 9.47 Å². The third-order valence-corrected chi connectivity index (χ3v) is 4.96. The maximum absolute atomic E-state index is 12.7. The lowest BCUT2D eigenvalue weighted by Gasteiger charge is -2.12. The van der Waals surface area contributed by atoms with Crippen LogP contribution in [0.25, 0.3) is 6.08 Å². The summed E-state index contributed by atoms with van der Waals surface area (Å²) in [6, 6.07) is 11.1. The third kappa shape index (κ3) is 3.84. The second kappa shape index (κ2) is 8.13. The minimum Gasteiger partial charge on any atom is -0.493 e. The number of hydrogen-bond donors (Lipinski definition) is 0. The van der Waals surface area contributed by atoms with Crippen LogP contribution in [0.4, 0.5) is 10.5 Å². The first-order chi connectivity index (χ1) is 13.4. The van der Waals surface area contributed by atoms with Gasteiger partial charge in [-0.05, 0) is 29.5 Å². The lowest BCUT2D eigenvalue weighted by atomic mass is 10.1. The average Bonchev–Trinajstić information content (AvgIpc) is 2.95. The summed E-state index contributed by atoms with van der Waals surface area (Å²) in [5, 5.41) is 10.5. The zero-order valence-electron chi connectivity index (χ0n) is 15.1. The molecule has 9 heteroatoms. The van der Waals surface area contributed by atoms with Crippen LogP contribution < -0.4 is 9.47 Å². The van der Waals surface area contributed by atoms with Crippen molar-refractivity contribution in [2.24, 2.45) is 0 Å². The molecular formula is C19H16N2O6S. The van der Waals surface area contributed by atoms with E-state index in [9.17, 15) is 19.7 Å². The first kappa shape index (κ1) is 19.4. The number of nitrogens with zero attached hydrogens (tertiary/aromatic N) is 2. The van der Waals surface area contributed by atoms with Crippen LogP contribution in [0, 0.1) is 10.1 Å². The summed E-state index contributed by atoms with van der Waals surface area (Å²) in [6.07, 6.45) is 1.57. The zero-order valence-corrected chi connectivity index (χ0v) is 15.9. The molecule has 0 aliphatic carbocycles. The Morgan fingerprint density at radius 2 is 1.89 bits per heavy atom. The minimum absolute atomic E-state index is 0.0427. The summed E-state index contributed by atoms with van der Waals surface area (Å²) >= 11 is 0.807. The summed E-state index contributed by atoms with van der Waals surface area (Å²) in [7, 11) is 3.00. The van der Waals surface area contributed by atoms with Crippen molar-refractivity contribution in [2.45, 2.75) is 6.54 Å². The highest BCUT2D eigenvalue weighted by atomic mass is 32.2. The number of nitro groups is 1. The van der Waals surface area contributed by atoms with Crippen molar-refractivity contribution in [3.63, 3.8) is 0 Å². The number of nitro benzene ring substituents is 1. The molecule has 2 amide bonds. The topological polar surface area (TPSA) is 99.0 Å². The number of ether oxygens (including phenoxy) is 2. The number of benzene rings is 2. The van der Waals surface area contributed by atoms with Gasteiger partial charge in [0.1, 0.15) is 0 Å². The van der Waals surface area contributed by atoms with E-state index in [1.807, 2.05) is 0 Å². The van der Waals surface area contributed by atoms with Crippen molar-refractivity contribution in [3.05, 3.63) is 68.6 Å². The van der Waals surface area contributed by atoms with Gasteiger partial charge in [-0.2, -0.15) is 0 Å². The van der Waals surface area contributed by atoms with Crippen molar-refractivity contribution in [1.82, 2.24) is 4.90 Å². The molecule has 28 heavy (non-hydrogen) atoms. The highest BCUT2D eigenvalue weighted by molar-refractivity contribution is 8.18. The van der Waals surface area contributed by atoms with Crippen molar-refractivity contribution >= 4 is 34.7 Å². The van der Waals surface area contributed by atoms with Crippen molar-refractivity contribution in [1.29, 1.82) is 0 Å². The van der Waals surface area contributed by atoms with Gasteiger partial charge in [0.2, 0.25) is 0 Å². The third-order valence-electron chi connectivity index (χ3n) is 4.06. The van der Waals surface area contributed by atoms with E-state index in [1.165, 1.54) is 32.4 Å². The number of rotatable bonds is 6. The molecular weight excluding hydrogens is 384 g/mol. The predicted molar refractivity (Wildman–Crippen MR) is 104 cm³/mol. The Hall–Kier alpha value is -3.33. The Bertz CT molecular complexity index is 988. The van der Waals surface area contributed by atoms with E-state index in [-0.39, 0.29) is 17.1 Å². The minimum atomic E-state index is -0.522. The average molecular weight is 400 g/mol. The lowest BCUT2D eigenvalue weighted by molar-refractivity contribution is -0.384. The fraction of sp³-hybridized carbons (Fsp3) is 0.158. The van der Waals surface area contributed by atoms with Gasteiger partial charge < -0.3 is 9.47 Å². The standard InChI is InChI=1S/C19H16N2O6S/c1-26-15-8-4-6-13(17(15)27-2)10-16-18(22)20(19(23)28-16)11-12-5-3-7-14(9-12)21(24)25/h3-10H,11H2,1-2H3/b16-10+.